The normalized spacial score (nSPS) is 29.0. The molecule has 2 aromatic carbocycles. The van der Waals surface area contributed by atoms with Gasteiger partial charge in [-0.05, 0) is 67.5 Å². The molecule has 8 heteroatoms. The van der Waals surface area contributed by atoms with Crippen molar-refractivity contribution in [2.75, 3.05) is 13.6 Å². The highest BCUT2D eigenvalue weighted by Gasteiger charge is 2.66. The maximum Gasteiger partial charge on any atom is 0.246 e. The summed E-state index contributed by atoms with van der Waals surface area (Å²) < 4.78 is 34.2. The molecule has 1 saturated heterocycles. The first kappa shape index (κ1) is 25.1. The van der Waals surface area contributed by atoms with Crippen LogP contribution in [-0.2, 0) is 26.7 Å². The van der Waals surface area contributed by atoms with Gasteiger partial charge >= 0.3 is 0 Å². The van der Waals surface area contributed by atoms with Crippen molar-refractivity contribution in [1.29, 1.82) is 0 Å². The Morgan fingerprint density at radius 1 is 1.11 bits per heavy atom. The lowest BCUT2D eigenvalue weighted by Crippen LogP contribution is -2.74. The predicted octanol–water partition coefficient (Wildman–Crippen LogP) is 3.99. The molecule has 1 N–H and O–H groups in total. The van der Waals surface area contributed by atoms with Gasteiger partial charge in [-0.25, -0.2) is 8.42 Å². The lowest BCUT2D eigenvalue weighted by atomic mass is 9.49. The summed E-state index contributed by atoms with van der Waals surface area (Å²) in [6.45, 7) is 0.323. The molecule has 0 spiro atoms. The van der Waals surface area contributed by atoms with Gasteiger partial charge in [0.2, 0.25) is 15.9 Å². The number of benzene rings is 2. The fourth-order valence-electron chi connectivity index (χ4n) is 7.11. The third-order valence-electron chi connectivity index (χ3n) is 9.08. The Balaban J connectivity index is 1.36. The molecule has 1 aromatic heterocycles. The number of rotatable bonds is 5. The Bertz CT molecular complexity index is 1470. The predicted molar refractivity (Wildman–Crippen MR) is 144 cm³/mol. The molecule has 6 rings (SSSR count). The van der Waals surface area contributed by atoms with Crippen molar-refractivity contribution in [1.82, 2.24) is 9.21 Å². The molecule has 2 bridgehead atoms. The van der Waals surface area contributed by atoms with E-state index in [1.54, 1.807) is 70.3 Å². The summed E-state index contributed by atoms with van der Waals surface area (Å²) in [6.07, 6.45) is 8.99. The largest absolute Gasteiger partial charge is 0.472 e. The van der Waals surface area contributed by atoms with Crippen molar-refractivity contribution in [3.63, 3.8) is 0 Å². The van der Waals surface area contributed by atoms with E-state index in [0.717, 1.165) is 16.7 Å². The number of aliphatic hydroxyl groups is 1. The maximum absolute atomic E-state index is 13.8. The summed E-state index contributed by atoms with van der Waals surface area (Å²) in [7, 11) is -1.97. The Morgan fingerprint density at radius 2 is 1.87 bits per heavy atom. The Labute approximate surface area is 223 Å². The number of hydrogen-bond donors (Lipinski definition) is 1. The topological polar surface area (TPSA) is 91.1 Å². The molecular weight excluding hydrogens is 500 g/mol. The minimum absolute atomic E-state index is 0.0825. The van der Waals surface area contributed by atoms with Gasteiger partial charge in [0.1, 0.15) is 0 Å². The van der Waals surface area contributed by atoms with E-state index in [0.29, 0.717) is 38.6 Å². The lowest BCUT2D eigenvalue weighted by molar-refractivity contribution is -0.162. The number of nitrogens with zero attached hydrogens (tertiary/aromatic N) is 2. The second kappa shape index (κ2) is 9.22. The summed E-state index contributed by atoms with van der Waals surface area (Å²) in [5.74, 6) is -0.109. The molecule has 1 amide bonds. The van der Waals surface area contributed by atoms with Crippen LogP contribution in [0.15, 0.2) is 88.6 Å². The van der Waals surface area contributed by atoms with Gasteiger partial charge < -0.3 is 14.4 Å². The van der Waals surface area contributed by atoms with E-state index in [1.165, 1.54) is 0 Å². The first-order valence-electron chi connectivity index (χ1n) is 13.1. The van der Waals surface area contributed by atoms with E-state index in [4.69, 9.17) is 4.42 Å². The molecule has 4 atom stereocenters. The number of sulfonamides is 1. The zero-order valence-corrected chi connectivity index (χ0v) is 22.2. The number of carbonyl (C=O) groups excluding carboxylic acids is 1. The van der Waals surface area contributed by atoms with E-state index in [-0.39, 0.29) is 16.8 Å². The van der Waals surface area contributed by atoms with Gasteiger partial charge in [0.15, 0.2) is 0 Å². The first-order valence-corrected chi connectivity index (χ1v) is 14.5. The minimum Gasteiger partial charge on any atom is -0.472 e. The van der Waals surface area contributed by atoms with E-state index in [1.807, 2.05) is 19.2 Å². The van der Waals surface area contributed by atoms with Gasteiger partial charge in [0, 0.05) is 36.7 Å². The van der Waals surface area contributed by atoms with Crippen molar-refractivity contribution in [3.8, 4) is 0 Å². The zero-order chi connectivity index (χ0) is 26.5. The van der Waals surface area contributed by atoms with Gasteiger partial charge in [0.05, 0.1) is 29.1 Å². The summed E-state index contributed by atoms with van der Waals surface area (Å²) in [5, 5.41) is 12.5. The highest BCUT2D eigenvalue weighted by Crippen LogP contribution is 2.59. The molecule has 1 aliphatic heterocycles. The summed E-state index contributed by atoms with van der Waals surface area (Å²) in [5.41, 5.74) is 1.12. The number of hydrogen-bond acceptors (Lipinski definition) is 5. The van der Waals surface area contributed by atoms with Crippen LogP contribution < -0.4 is 0 Å². The maximum atomic E-state index is 13.8. The van der Waals surface area contributed by atoms with Crippen LogP contribution in [-0.4, -0.2) is 59.9 Å². The van der Waals surface area contributed by atoms with Crippen LogP contribution in [0.2, 0.25) is 0 Å². The van der Waals surface area contributed by atoms with Gasteiger partial charge in [-0.1, -0.05) is 42.5 Å². The van der Waals surface area contributed by atoms with Crippen LogP contribution in [0.3, 0.4) is 0 Å². The van der Waals surface area contributed by atoms with E-state index >= 15 is 0 Å². The van der Waals surface area contributed by atoms with Crippen LogP contribution in [0, 0.1) is 0 Å². The molecule has 2 heterocycles. The quantitative estimate of drug-likeness (QED) is 0.502. The van der Waals surface area contributed by atoms with Crippen LogP contribution in [0.4, 0.5) is 0 Å². The first-order chi connectivity index (χ1) is 18.3. The monoisotopic (exact) mass is 532 g/mol. The third kappa shape index (κ3) is 3.77. The molecule has 2 aliphatic carbocycles. The fourth-order valence-corrected chi connectivity index (χ4v) is 8.80. The number of amides is 1. The molecule has 1 saturated carbocycles. The second-order valence-electron chi connectivity index (χ2n) is 10.8. The highest BCUT2D eigenvalue weighted by atomic mass is 32.2. The van der Waals surface area contributed by atoms with E-state index in [9.17, 15) is 18.3 Å². The smallest absolute Gasteiger partial charge is 0.246 e. The highest BCUT2D eigenvalue weighted by molar-refractivity contribution is 7.89. The second-order valence-corrected chi connectivity index (χ2v) is 12.7. The number of carbonyl (C=O) groups is 1. The van der Waals surface area contributed by atoms with Crippen molar-refractivity contribution < 1.29 is 22.7 Å². The Hall–Kier alpha value is -3.20. The molecule has 198 valence electrons. The van der Waals surface area contributed by atoms with Gasteiger partial charge in [-0.15, -0.1) is 0 Å². The minimum atomic E-state index is -3.79. The number of furan rings is 1. The molecule has 3 aliphatic rings. The standard InChI is InChI=1S/C30H32N2O5S/c1-31(28(33)12-11-22-14-18-37-21-22)24-13-15-30(34)27-19-23-7-5-6-10-26(23)29(30,20-24)16-17-32(27)38(35,36)25-8-3-2-4-9-25/h2-12,14,18,21,24,27,34H,13,15-17,19-20H2,1H3/b12-11+/t24-,27-,29-,30-/m1/s1. The van der Waals surface area contributed by atoms with Gasteiger partial charge in [-0.2, -0.15) is 4.31 Å². The summed E-state index contributed by atoms with van der Waals surface area (Å²) in [6, 6.07) is 17.7. The van der Waals surface area contributed by atoms with Crippen molar-refractivity contribution >= 4 is 22.0 Å². The lowest BCUT2D eigenvalue weighted by Gasteiger charge is -2.64. The zero-order valence-electron chi connectivity index (χ0n) is 21.4. The molecule has 38 heavy (non-hydrogen) atoms. The third-order valence-corrected chi connectivity index (χ3v) is 11.0. The molecule has 0 unspecified atom stereocenters. The average molecular weight is 533 g/mol. The van der Waals surface area contributed by atoms with Crippen LogP contribution in [0.5, 0.6) is 0 Å². The van der Waals surface area contributed by atoms with Crippen LogP contribution in [0.25, 0.3) is 6.08 Å². The summed E-state index contributed by atoms with van der Waals surface area (Å²) >= 11 is 0. The summed E-state index contributed by atoms with van der Waals surface area (Å²) in [4.78, 5) is 15.1. The van der Waals surface area contributed by atoms with Gasteiger partial charge in [0.25, 0.3) is 0 Å². The molecule has 7 nitrogen and oxygen atoms in total. The molecular formula is C30H32N2O5S. The molecule has 2 fully saturated rings. The van der Waals surface area contributed by atoms with Crippen molar-refractivity contribution in [3.05, 3.63) is 96.0 Å². The SMILES string of the molecule is CN(C(=O)/C=C/c1ccoc1)[C@@H]1CC[C@@]2(O)[C@H]3Cc4ccccc4[C@@]2(CCN3S(=O)(=O)c2ccccc2)C1. The number of fused-ring (bicyclic) bond motifs is 1. The Morgan fingerprint density at radius 3 is 2.63 bits per heavy atom. The van der Waals surface area contributed by atoms with E-state index < -0.39 is 27.1 Å². The van der Waals surface area contributed by atoms with Crippen LogP contribution in [0.1, 0.15) is 42.4 Å². The van der Waals surface area contributed by atoms with E-state index in [2.05, 4.69) is 12.1 Å². The van der Waals surface area contributed by atoms with Crippen LogP contribution >= 0.6 is 0 Å². The number of piperidine rings is 1. The number of likely N-dealkylation sites (N-methyl/N-ethyl adjacent to an activating group) is 1. The van der Waals surface area contributed by atoms with Crippen molar-refractivity contribution in [2.24, 2.45) is 0 Å². The fraction of sp³-hybridized carbons (Fsp3) is 0.367. The van der Waals surface area contributed by atoms with Gasteiger partial charge in [-0.3, -0.25) is 4.79 Å². The Kier molecular flexibility index (Phi) is 6.09. The molecule has 3 aromatic rings. The average Bonchev–Trinajstić information content (AvgIpc) is 3.45. The molecule has 0 radical (unpaired) electrons. The van der Waals surface area contributed by atoms with Crippen molar-refractivity contribution in [2.45, 2.75) is 60.1 Å².